The number of nitrogens with zero attached hydrogens (tertiary/aromatic N) is 1. The molecule has 1 amide bonds. The van der Waals surface area contributed by atoms with E-state index in [9.17, 15) is 4.79 Å². The summed E-state index contributed by atoms with van der Waals surface area (Å²) in [7, 11) is 0. The Morgan fingerprint density at radius 3 is 2.54 bits per heavy atom. The molecule has 1 aliphatic rings. The lowest BCUT2D eigenvalue weighted by Gasteiger charge is -2.32. The number of carbonyl (C=O) groups is 1. The number of fused-ring (bicyclic) bond motifs is 1. The van der Waals surface area contributed by atoms with Crippen molar-refractivity contribution in [2.45, 2.75) is 26.1 Å². The van der Waals surface area contributed by atoms with Crippen LogP contribution in [0.25, 0.3) is 10.2 Å². The summed E-state index contributed by atoms with van der Waals surface area (Å²) in [6.45, 7) is 7.87. The van der Waals surface area contributed by atoms with Crippen LogP contribution in [0.3, 0.4) is 0 Å². The zero-order valence-corrected chi connectivity index (χ0v) is 17.1. The van der Waals surface area contributed by atoms with Crippen molar-refractivity contribution < 1.29 is 14.6 Å². The SMILES string of the molecule is C[C@@H](C(=O)NCc1ccccc1)[NH+]1CC[NH+](Cc2nc3ccccc3s2)CC1. The Balaban J connectivity index is 1.25. The number of rotatable bonds is 6. The van der Waals surface area contributed by atoms with E-state index in [0.29, 0.717) is 6.54 Å². The Bertz CT molecular complexity index is 885. The van der Waals surface area contributed by atoms with Gasteiger partial charge in [0.05, 0.1) is 10.2 Å². The number of piperazine rings is 1. The van der Waals surface area contributed by atoms with Gasteiger partial charge in [-0.15, -0.1) is 11.3 Å². The Morgan fingerprint density at radius 2 is 1.79 bits per heavy atom. The van der Waals surface area contributed by atoms with Crippen molar-refractivity contribution in [3.05, 3.63) is 65.2 Å². The number of hydrogen-bond donors (Lipinski definition) is 3. The van der Waals surface area contributed by atoms with Crippen LogP contribution in [0, 0.1) is 0 Å². The number of amides is 1. The molecule has 1 aromatic heterocycles. The second kappa shape index (κ2) is 8.82. The average Bonchev–Trinajstić information content (AvgIpc) is 3.15. The molecule has 6 heteroatoms. The summed E-state index contributed by atoms with van der Waals surface area (Å²) in [5.74, 6) is 0.147. The van der Waals surface area contributed by atoms with Gasteiger partial charge in [-0.05, 0) is 24.6 Å². The van der Waals surface area contributed by atoms with Gasteiger partial charge in [0.25, 0.3) is 5.91 Å². The Kier molecular flexibility index (Phi) is 6.00. The van der Waals surface area contributed by atoms with Crippen LogP contribution in [-0.4, -0.2) is 43.1 Å². The van der Waals surface area contributed by atoms with Gasteiger partial charge in [-0.1, -0.05) is 42.5 Å². The number of aromatic nitrogens is 1. The van der Waals surface area contributed by atoms with Crippen molar-refractivity contribution in [2.75, 3.05) is 26.2 Å². The minimum atomic E-state index is -0.00675. The summed E-state index contributed by atoms with van der Waals surface area (Å²) in [4.78, 5) is 20.3. The van der Waals surface area contributed by atoms with E-state index in [1.807, 2.05) is 43.3 Å². The van der Waals surface area contributed by atoms with Gasteiger partial charge in [0.2, 0.25) is 0 Å². The van der Waals surface area contributed by atoms with E-state index in [1.165, 1.54) is 14.6 Å². The number of para-hydroxylation sites is 1. The Hall–Kier alpha value is -2.28. The highest BCUT2D eigenvalue weighted by Gasteiger charge is 2.31. The molecule has 1 atom stereocenters. The summed E-state index contributed by atoms with van der Waals surface area (Å²) in [5, 5.41) is 4.30. The summed E-state index contributed by atoms with van der Waals surface area (Å²) in [6, 6.07) is 18.4. The molecule has 3 N–H and O–H groups in total. The predicted octanol–water partition coefficient (Wildman–Crippen LogP) is 0.285. The molecule has 1 aliphatic heterocycles. The van der Waals surface area contributed by atoms with Crippen molar-refractivity contribution in [3.63, 3.8) is 0 Å². The molecule has 0 aliphatic carbocycles. The molecule has 0 radical (unpaired) electrons. The molecule has 2 heterocycles. The largest absolute Gasteiger partial charge is 0.347 e. The first kappa shape index (κ1) is 19.1. The topological polar surface area (TPSA) is 50.9 Å². The average molecular weight is 397 g/mol. The molecule has 5 nitrogen and oxygen atoms in total. The van der Waals surface area contributed by atoms with Gasteiger partial charge in [-0.25, -0.2) is 4.98 Å². The molecule has 0 unspecified atom stereocenters. The lowest BCUT2D eigenvalue weighted by Crippen LogP contribution is -3.29. The maximum absolute atomic E-state index is 12.5. The highest BCUT2D eigenvalue weighted by Crippen LogP contribution is 2.20. The molecule has 1 fully saturated rings. The summed E-state index contributed by atoms with van der Waals surface area (Å²) >= 11 is 1.80. The van der Waals surface area contributed by atoms with E-state index >= 15 is 0 Å². The molecule has 3 aromatic rings. The second-order valence-corrected chi connectivity index (χ2v) is 8.70. The zero-order chi connectivity index (χ0) is 19.3. The molecule has 1 saturated heterocycles. The monoisotopic (exact) mass is 396 g/mol. The fourth-order valence-corrected chi connectivity index (χ4v) is 4.91. The van der Waals surface area contributed by atoms with Gasteiger partial charge in [0.1, 0.15) is 37.7 Å². The number of carbonyl (C=O) groups excluding carboxylic acids is 1. The van der Waals surface area contributed by atoms with Crippen LogP contribution in [0.1, 0.15) is 17.5 Å². The van der Waals surface area contributed by atoms with Gasteiger partial charge < -0.3 is 15.1 Å². The van der Waals surface area contributed by atoms with Crippen LogP contribution in [0.2, 0.25) is 0 Å². The number of thiazole rings is 1. The standard InChI is InChI=1S/C22H26N4OS/c1-17(22(27)23-15-18-7-3-2-4-8-18)26-13-11-25(12-14-26)16-21-24-19-9-5-6-10-20(19)28-21/h2-10,17H,11-16H2,1H3,(H,23,27)/p+2/t17-/m0/s1. The zero-order valence-electron chi connectivity index (χ0n) is 16.3. The van der Waals surface area contributed by atoms with Crippen molar-refractivity contribution in [2.24, 2.45) is 0 Å². The number of nitrogens with one attached hydrogen (secondary N) is 3. The molecule has 2 aromatic carbocycles. The van der Waals surface area contributed by atoms with E-state index in [4.69, 9.17) is 4.98 Å². The molecular weight excluding hydrogens is 368 g/mol. The second-order valence-electron chi connectivity index (χ2n) is 7.59. The Morgan fingerprint density at radius 1 is 1.07 bits per heavy atom. The molecule has 0 saturated carbocycles. The first-order valence-corrected chi connectivity index (χ1v) is 10.8. The lowest BCUT2D eigenvalue weighted by molar-refractivity contribution is -1.02. The van der Waals surface area contributed by atoms with Gasteiger partial charge in [0.15, 0.2) is 6.04 Å². The number of hydrogen-bond acceptors (Lipinski definition) is 3. The first-order valence-electron chi connectivity index (χ1n) is 10.0. The van der Waals surface area contributed by atoms with Gasteiger partial charge >= 0.3 is 0 Å². The molecule has 0 bridgehead atoms. The minimum absolute atomic E-state index is 0.00675. The first-order chi connectivity index (χ1) is 13.7. The fourth-order valence-electron chi connectivity index (χ4n) is 3.87. The van der Waals surface area contributed by atoms with Crippen LogP contribution >= 0.6 is 11.3 Å². The van der Waals surface area contributed by atoms with Crippen molar-refractivity contribution in [3.8, 4) is 0 Å². The van der Waals surface area contributed by atoms with Gasteiger partial charge in [-0.3, -0.25) is 4.79 Å². The quantitative estimate of drug-likeness (QED) is 0.561. The molecule has 28 heavy (non-hydrogen) atoms. The summed E-state index contributed by atoms with van der Waals surface area (Å²) in [6.07, 6.45) is 0. The molecular formula is C22H28N4OS+2. The fraction of sp³-hybridized carbons (Fsp3) is 0.364. The smallest absolute Gasteiger partial charge is 0.278 e. The normalized spacial score (nSPS) is 20.8. The van der Waals surface area contributed by atoms with E-state index in [1.54, 1.807) is 16.2 Å². The summed E-state index contributed by atoms with van der Waals surface area (Å²) < 4.78 is 1.27. The molecule has 0 spiro atoms. The van der Waals surface area contributed by atoms with Crippen molar-refractivity contribution in [1.82, 2.24) is 10.3 Å². The maximum Gasteiger partial charge on any atom is 0.278 e. The highest BCUT2D eigenvalue weighted by atomic mass is 32.1. The van der Waals surface area contributed by atoms with E-state index < -0.39 is 0 Å². The predicted molar refractivity (Wildman–Crippen MR) is 112 cm³/mol. The van der Waals surface area contributed by atoms with Gasteiger partial charge in [-0.2, -0.15) is 0 Å². The maximum atomic E-state index is 12.5. The van der Waals surface area contributed by atoms with Crippen LogP contribution in [0.15, 0.2) is 54.6 Å². The van der Waals surface area contributed by atoms with Crippen LogP contribution in [-0.2, 0) is 17.9 Å². The van der Waals surface area contributed by atoms with E-state index in [0.717, 1.165) is 43.8 Å². The number of benzene rings is 2. The van der Waals surface area contributed by atoms with Crippen molar-refractivity contribution >= 4 is 27.5 Å². The third-order valence-corrected chi connectivity index (χ3v) is 6.69. The Labute approximate surface area is 170 Å². The minimum Gasteiger partial charge on any atom is -0.347 e. The molecule has 146 valence electrons. The highest BCUT2D eigenvalue weighted by molar-refractivity contribution is 7.18. The van der Waals surface area contributed by atoms with Crippen LogP contribution in [0.5, 0.6) is 0 Å². The third kappa shape index (κ3) is 4.58. The number of quaternary nitrogens is 2. The molecule has 4 rings (SSSR count). The van der Waals surface area contributed by atoms with E-state index in [2.05, 4.69) is 23.5 Å². The third-order valence-electron chi connectivity index (χ3n) is 5.65. The van der Waals surface area contributed by atoms with Crippen molar-refractivity contribution in [1.29, 1.82) is 0 Å². The van der Waals surface area contributed by atoms with Gasteiger partial charge in [0, 0.05) is 6.54 Å². The van der Waals surface area contributed by atoms with E-state index in [-0.39, 0.29) is 11.9 Å². The van der Waals surface area contributed by atoms with Crippen LogP contribution in [0.4, 0.5) is 0 Å². The lowest BCUT2D eigenvalue weighted by atomic mass is 10.2. The summed E-state index contributed by atoms with van der Waals surface area (Å²) in [5.41, 5.74) is 2.25. The van der Waals surface area contributed by atoms with Crippen LogP contribution < -0.4 is 15.1 Å².